The first-order chi connectivity index (χ1) is 21.3. The van der Waals surface area contributed by atoms with Gasteiger partial charge >= 0.3 is 0 Å². The summed E-state index contributed by atoms with van der Waals surface area (Å²) < 4.78 is 30.1. The van der Waals surface area contributed by atoms with Crippen LogP contribution in [0, 0.1) is 3.57 Å². The first-order valence-electron chi connectivity index (χ1n) is 14.8. The summed E-state index contributed by atoms with van der Waals surface area (Å²) in [6.45, 7) is -0.312. The maximum Gasteiger partial charge on any atom is 0.264 e. The molecule has 4 aromatic carbocycles. The highest BCUT2D eigenvalue weighted by molar-refractivity contribution is 14.1. The van der Waals surface area contributed by atoms with Crippen molar-refractivity contribution < 1.29 is 18.0 Å². The Hall–Kier alpha value is -3.70. The molecule has 1 aliphatic rings. The predicted molar refractivity (Wildman–Crippen MR) is 181 cm³/mol. The van der Waals surface area contributed by atoms with Crippen molar-refractivity contribution in [2.24, 2.45) is 0 Å². The molecule has 4 aromatic rings. The molecule has 2 amide bonds. The molecular weight excluding hydrogens is 685 g/mol. The van der Waals surface area contributed by atoms with Crippen molar-refractivity contribution in [1.82, 2.24) is 10.2 Å². The van der Waals surface area contributed by atoms with E-state index in [1.165, 1.54) is 12.1 Å². The van der Waals surface area contributed by atoms with Crippen LogP contribution in [0.5, 0.6) is 0 Å². The van der Waals surface area contributed by atoms with Crippen molar-refractivity contribution in [2.45, 2.75) is 55.6 Å². The minimum Gasteiger partial charge on any atom is -0.352 e. The van der Waals surface area contributed by atoms with Crippen LogP contribution in [0.4, 0.5) is 5.69 Å². The molecule has 1 saturated carbocycles. The Morgan fingerprint density at radius 1 is 0.773 bits per heavy atom. The van der Waals surface area contributed by atoms with Crippen molar-refractivity contribution in [3.05, 3.63) is 130 Å². The topological polar surface area (TPSA) is 86.8 Å². The summed E-state index contributed by atoms with van der Waals surface area (Å²) in [5, 5.41) is 3.20. The quantitative estimate of drug-likeness (QED) is 0.177. The Bertz CT molecular complexity index is 1630. The predicted octanol–water partition coefficient (Wildman–Crippen LogP) is 6.19. The van der Waals surface area contributed by atoms with Gasteiger partial charge in [0.05, 0.1) is 10.6 Å². The van der Waals surface area contributed by atoms with Crippen LogP contribution in [0.25, 0.3) is 0 Å². The van der Waals surface area contributed by atoms with E-state index in [0.717, 1.165) is 44.7 Å². The van der Waals surface area contributed by atoms with Crippen LogP contribution < -0.4 is 9.62 Å². The first kappa shape index (κ1) is 31.7. The summed E-state index contributed by atoms with van der Waals surface area (Å²) >= 11 is 2.16. The summed E-state index contributed by atoms with van der Waals surface area (Å²) in [7, 11) is -4.11. The van der Waals surface area contributed by atoms with Crippen LogP contribution >= 0.6 is 22.6 Å². The van der Waals surface area contributed by atoms with Gasteiger partial charge in [0.2, 0.25) is 11.8 Å². The Balaban J connectivity index is 1.54. The van der Waals surface area contributed by atoms with E-state index < -0.39 is 28.5 Å². The van der Waals surface area contributed by atoms with Crippen molar-refractivity contribution in [3.8, 4) is 0 Å². The lowest BCUT2D eigenvalue weighted by atomic mass is 10.0. The average Bonchev–Trinajstić information content (AvgIpc) is 3.56. The monoisotopic (exact) mass is 721 g/mol. The van der Waals surface area contributed by atoms with Crippen molar-refractivity contribution >= 4 is 50.1 Å². The van der Waals surface area contributed by atoms with E-state index in [1.807, 2.05) is 72.8 Å². The highest BCUT2D eigenvalue weighted by Gasteiger charge is 2.35. The molecule has 0 heterocycles. The van der Waals surface area contributed by atoms with Gasteiger partial charge in [-0.15, -0.1) is 0 Å². The largest absolute Gasteiger partial charge is 0.352 e. The fourth-order valence-electron chi connectivity index (χ4n) is 5.56. The van der Waals surface area contributed by atoms with Gasteiger partial charge in [-0.05, 0) is 83.0 Å². The Morgan fingerprint density at radius 3 is 1.91 bits per heavy atom. The third kappa shape index (κ3) is 8.06. The fourth-order valence-corrected chi connectivity index (χ4v) is 7.35. The van der Waals surface area contributed by atoms with E-state index >= 15 is 0 Å². The molecular formula is C35H36IN3O4S. The molecule has 1 aliphatic carbocycles. The van der Waals surface area contributed by atoms with E-state index in [9.17, 15) is 18.0 Å². The number of carbonyl (C=O) groups excluding carboxylic acids is 2. The zero-order valence-corrected chi connectivity index (χ0v) is 27.4. The molecule has 1 fully saturated rings. The van der Waals surface area contributed by atoms with Crippen LogP contribution in [0.15, 0.2) is 120 Å². The van der Waals surface area contributed by atoms with Crippen LogP contribution in [0.2, 0.25) is 0 Å². The molecule has 0 aromatic heterocycles. The van der Waals surface area contributed by atoms with Gasteiger partial charge in [-0.2, -0.15) is 0 Å². The molecule has 0 bridgehead atoms. The van der Waals surface area contributed by atoms with Gasteiger partial charge in [-0.3, -0.25) is 13.9 Å². The van der Waals surface area contributed by atoms with Crippen molar-refractivity contribution in [1.29, 1.82) is 0 Å². The highest BCUT2D eigenvalue weighted by atomic mass is 127. The molecule has 0 spiro atoms. The third-order valence-corrected chi connectivity index (χ3v) is 10.4. The molecule has 0 saturated heterocycles. The molecule has 1 N–H and O–H groups in total. The maximum absolute atomic E-state index is 14.5. The van der Waals surface area contributed by atoms with Gasteiger partial charge in [0, 0.05) is 22.6 Å². The Labute approximate surface area is 273 Å². The first-order valence-corrected chi connectivity index (χ1v) is 17.3. The number of benzene rings is 4. The lowest BCUT2D eigenvalue weighted by Crippen LogP contribution is -2.54. The summed E-state index contributed by atoms with van der Waals surface area (Å²) in [6.07, 6.45) is 4.23. The lowest BCUT2D eigenvalue weighted by Gasteiger charge is -2.34. The van der Waals surface area contributed by atoms with E-state index in [4.69, 9.17) is 0 Å². The number of rotatable bonds is 12. The average molecular weight is 722 g/mol. The van der Waals surface area contributed by atoms with Gasteiger partial charge < -0.3 is 10.2 Å². The van der Waals surface area contributed by atoms with Gasteiger partial charge in [0.15, 0.2) is 0 Å². The number of halogens is 1. The number of carbonyl (C=O) groups is 2. The SMILES string of the molecule is O=C(NC1CCCC1)[C@@H](Cc1ccccc1)N(Cc1ccccc1)C(=O)CN(c1ccc(I)cc1)S(=O)(=O)c1ccccc1. The normalized spacial score (nSPS) is 14.1. The van der Waals surface area contributed by atoms with E-state index in [-0.39, 0.29) is 23.4 Å². The molecule has 228 valence electrons. The number of anilines is 1. The second-order valence-electron chi connectivity index (χ2n) is 11.0. The minimum atomic E-state index is -4.11. The molecule has 1 atom stereocenters. The van der Waals surface area contributed by atoms with Gasteiger partial charge in [0.1, 0.15) is 12.6 Å². The number of amides is 2. The van der Waals surface area contributed by atoms with Crippen LogP contribution in [-0.4, -0.2) is 43.8 Å². The molecule has 9 heteroatoms. The zero-order chi connectivity index (χ0) is 30.9. The minimum absolute atomic E-state index is 0.0659. The molecule has 0 unspecified atom stereocenters. The third-order valence-electron chi connectivity index (χ3n) is 7.89. The van der Waals surface area contributed by atoms with Crippen molar-refractivity contribution in [2.75, 3.05) is 10.8 Å². The Morgan fingerprint density at radius 2 is 1.32 bits per heavy atom. The zero-order valence-electron chi connectivity index (χ0n) is 24.4. The maximum atomic E-state index is 14.5. The molecule has 44 heavy (non-hydrogen) atoms. The highest BCUT2D eigenvalue weighted by Crippen LogP contribution is 2.26. The lowest BCUT2D eigenvalue weighted by molar-refractivity contribution is -0.140. The Kier molecular flexibility index (Phi) is 10.7. The van der Waals surface area contributed by atoms with E-state index in [1.54, 1.807) is 35.2 Å². The van der Waals surface area contributed by atoms with Gasteiger partial charge in [-0.1, -0.05) is 91.7 Å². The number of hydrogen-bond donors (Lipinski definition) is 1. The summed E-state index contributed by atoms with van der Waals surface area (Å²) in [5.74, 6) is -0.689. The van der Waals surface area contributed by atoms with Gasteiger partial charge in [-0.25, -0.2) is 8.42 Å². The van der Waals surface area contributed by atoms with Crippen LogP contribution in [0.3, 0.4) is 0 Å². The van der Waals surface area contributed by atoms with Gasteiger partial charge in [0.25, 0.3) is 10.0 Å². The van der Waals surface area contributed by atoms with E-state index in [0.29, 0.717) is 12.1 Å². The summed E-state index contributed by atoms with van der Waals surface area (Å²) in [6, 6.07) is 33.5. The van der Waals surface area contributed by atoms with Crippen molar-refractivity contribution in [3.63, 3.8) is 0 Å². The number of nitrogens with zero attached hydrogens (tertiary/aromatic N) is 2. The summed E-state index contributed by atoms with van der Waals surface area (Å²) in [4.78, 5) is 30.1. The molecule has 0 aliphatic heterocycles. The summed E-state index contributed by atoms with van der Waals surface area (Å²) in [5.41, 5.74) is 2.13. The molecule has 0 radical (unpaired) electrons. The molecule has 5 rings (SSSR count). The van der Waals surface area contributed by atoms with E-state index in [2.05, 4.69) is 27.9 Å². The standard InChI is InChI=1S/C35H36IN3O4S/c36-29-20-22-31(23-21-29)39(44(42,43)32-18-8-3-9-19-32)26-34(40)38(25-28-14-6-2-7-15-28)33(24-27-12-4-1-5-13-27)35(41)37-30-16-10-11-17-30/h1-9,12-15,18-23,30,33H,10-11,16-17,24-26H2,(H,37,41)/t33-/m1/s1. The van der Waals surface area contributed by atoms with Crippen LogP contribution in [0.1, 0.15) is 36.8 Å². The number of hydrogen-bond acceptors (Lipinski definition) is 4. The van der Waals surface area contributed by atoms with Crippen LogP contribution in [-0.2, 0) is 32.6 Å². The second kappa shape index (κ2) is 14.9. The number of nitrogens with one attached hydrogen (secondary N) is 1. The smallest absolute Gasteiger partial charge is 0.264 e. The fraction of sp³-hybridized carbons (Fsp3) is 0.257. The number of sulfonamides is 1. The second-order valence-corrected chi connectivity index (χ2v) is 14.1. The molecule has 7 nitrogen and oxygen atoms in total.